The molecule has 1 N–H and O–H groups in total. The Hall–Kier alpha value is -3.79. The van der Waals surface area contributed by atoms with Crippen LogP contribution in [0.25, 0.3) is 11.5 Å². The van der Waals surface area contributed by atoms with Crippen molar-refractivity contribution in [2.45, 2.75) is 51.4 Å². The maximum absolute atomic E-state index is 12.7. The topological polar surface area (TPSA) is 115 Å². The van der Waals surface area contributed by atoms with Crippen molar-refractivity contribution in [3.63, 3.8) is 0 Å². The first-order valence-corrected chi connectivity index (χ1v) is 13.9. The summed E-state index contributed by atoms with van der Waals surface area (Å²) in [5.41, 5.74) is 4.09. The number of piperidine rings is 1. The van der Waals surface area contributed by atoms with Crippen molar-refractivity contribution in [2.24, 2.45) is 0 Å². The summed E-state index contributed by atoms with van der Waals surface area (Å²) >= 11 is 1.53. The number of hydrogen-bond acceptors (Lipinski definition) is 8. The number of fused-ring (bicyclic) bond motifs is 1. The number of thiazole rings is 1. The molecule has 0 bridgehead atoms. The van der Waals surface area contributed by atoms with Gasteiger partial charge in [0.15, 0.2) is 11.5 Å². The largest absolute Gasteiger partial charge is 0.461 e. The maximum atomic E-state index is 12.7. The van der Waals surface area contributed by atoms with E-state index in [4.69, 9.17) is 9.26 Å². The zero-order valence-electron chi connectivity index (χ0n) is 21.3. The van der Waals surface area contributed by atoms with E-state index >= 15 is 0 Å². The van der Waals surface area contributed by atoms with Crippen molar-refractivity contribution in [2.75, 3.05) is 25.0 Å². The normalized spacial score (nSPS) is 15.9. The second-order valence-electron chi connectivity index (χ2n) is 9.44. The molecule has 10 heteroatoms. The van der Waals surface area contributed by atoms with Gasteiger partial charge in [-0.25, -0.2) is 9.78 Å². The van der Waals surface area contributed by atoms with E-state index in [9.17, 15) is 14.4 Å². The predicted molar refractivity (Wildman–Crippen MR) is 143 cm³/mol. The molecule has 38 heavy (non-hydrogen) atoms. The maximum Gasteiger partial charge on any atom is 0.360 e. The number of benzene rings is 1. The van der Waals surface area contributed by atoms with Gasteiger partial charge < -0.3 is 19.5 Å². The lowest BCUT2D eigenvalue weighted by molar-refractivity contribution is -0.127. The molecule has 1 aliphatic heterocycles. The van der Waals surface area contributed by atoms with E-state index < -0.39 is 5.97 Å². The molecule has 1 fully saturated rings. The number of aromatic nitrogens is 2. The summed E-state index contributed by atoms with van der Waals surface area (Å²) in [4.78, 5) is 43.5. The van der Waals surface area contributed by atoms with Crippen molar-refractivity contribution in [3.05, 3.63) is 63.6 Å². The molecule has 1 aliphatic carbocycles. The van der Waals surface area contributed by atoms with Crippen LogP contribution in [0.2, 0.25) is 0 Å². The first-order chi connectivity index (χ1) is 18.5. The summed E-state index contributed by atoms with van der Waals surface area (Å²) in [6.45, 7) is 3.17. The molecule has 0 radical (unpaired) electrons. The molecular formula is C28H30N4O5S. The summed E-state index contributed by atoms with van der Waals surface area (Å²) in [5, 5.41) is 9.56. The monoisotopic (exact) mass is 534 g/mol. The predicted octanol–water partition coefficient (Wildman–Crippen LogP) is 4.75. The summed E-state index contributed by atoms with van der Waals surface area (Å²) in [6.07, 6.45) is 8.56. The van der Waals surface area contributed by atoms with E-state index in [2.05, 4.69) is 21.5 Å². The minimum atomic E-state index is -0.527. The van der Waals surface area contributed by atoms with Crippen LogP contribution in [-0.2, 0) is 27.2 Å². The molecule has 1 saturated heterocycles. The third-order valence-electron chi connectivity index (χ3n) is 6.96. The number of esters is 1. The first kappa shape index (κ1) is 25.8. The highest BCUT2D eigenvalue weighted by molar-refractivity contribution is 7.10. The summed E-state index contributed by atoms with van der Waals surface area (Å²) < 4.78 is 10.2. The van der Waals surface area contributed by atoms with Gasteiger partial charge in [-0.05, 0) is 62.6 Å². The number of anilines is 1. The number of amides is 2. The molecule has 0 unspecified atom stereocenters. The molecule has 3 heterocycles. The SMILES string of the molecule is CCOC(=O)c1cc(-c2csc(C3CCN(C(=O)/C=C/C(=O)Nc4cccc5c4CCCC5)CC3)n2)on1. The highest BCUT2D eigenvalue weighted by Crippen LogP contribution is 2.33. The molecule has 2 aliphatic rings. The number of hydrogen-bond donors (Lipinski definition) is 1. The van der Waals surface area contributed by atoms with E-state index in [0.717, 1.165) is 42.8 Å². The Kier molecular flexibility index (Phi) is 7.97. The fourth-order valence-electron chi connectivity index (χ4n) is 4.96. The third-order valence-corrected chi connectivity index (χ3v) is 7.96. The molecule has 5 rings (SSSR count). The molecule has 9 nitrogen and oxygen atoms in total. The van der Waals surface area contributed by atoms with Crippen molar-refractivity contribution in [1.82, 2.24) is 15.0 Å². The fraction of sp³-hybridized carbons (Fsp3) is 0.393. The van der Waals surface area contributed by atoms with Crippen LogP contribution >= 0.6 is 11.3 Å². The van der Waals surface area contributed by atoms with Gasteiger partial charge in [0.2, 0.25) is 11.8 Å². The van der Waals surface area contributed by atoms with Gasteiger partial charge in [0, 0.05) is 48.3 Å². The van der Waals surface area contributed by atoms with Gasteiger partial charge in [0.05, 0.1) is 11.6 Å². The minimum absolute atomic E-state index is 0.119. The number of rotatable bonds is 7. The molecule has 3 aromatic rings. The fourth-order valence-corrected chi connectivity index (χ4v) is 5.94. The molecule has 198 valence electrons. The number of carbonyl (C=O) groups is 3. The number of ether oxygens (including phenoxy) is 1. The van der Waals surface area contributed by atoms with E-state index in [1.807, 2.05) is 17.5 Å². The summed E-state index contributed by atoms with van der Waals surface area (Å²) in [7, 11) is 0. The van der Waals surface area contributed by atoms with E-state index in [0.29, 0.717) is 24.5 Å². The van der Waals surface area contributed by atoms with E-state index in [-0.39, 0.29) is 30.0 Å². The van der Waals surface area contributed by atoms with Crippen LogP contribution < -0.4 is 5.32 Å². The van der Waals surface area contributed by atoms with Gasteiger partial charge in [-0.15, -0.1) is 11.3 Å². The van der Waals surface area contributed by atoms with Crippen molar-refractivity contribution >= 4 is 34.8 Å². The summed E-state index contributed by atoms with van der Waals surface area (Å²) in [5.74, 6) is -0.340. The van der Waals surface area contributed by atoms with E-state index in [1.165, 1.54) is 47.1 Å². The average Bonchev–Trinajstić information content (AvgIpc) is 3.63. The van der Waals surface area contributed by atoms with Crippen LogP contribution in [-0.4, -0.2) is 52.5 Å². The second-order valence-corrected chi connectivity index (χ2v) is 10.3. The lowest BCUT2D eigenvalue weighted by Crippen LogP contribution is -2.37. The van der Waals surface area contributed by atoms with Gasteiger partial charge in [-0.1, -0.05) is 17.3 Å². The Labute approximate surface area is 224 Å². The van der Waals surface area contributed by atoms with Crippen LogP contribution in [0.15, 0.2) is 46.3 Å². The Balaban J connectivity index is 1.12. The number of carbonyl (C=O) groups excluding carboxylic acids is 3. The minimum Gasteiger partial charge on any atom is -0.461 e. The Morgan fingerprint density at radius 3 is 2.82 bits per heavy atom. The highest BCUT2D eigenvalue weighted by atomic mass is 32.1. The molecule has 0 atom stereocenters. The van der Waals surface area contributed by atoms with E-state index in [1.54, 1.807) is 11.8 Å². The van der Waals surface area contributed by atoms with Gasteiger partial charge in [-0.2, -0.15) is 0 Å². The summed E-state index contributed by atoms with van der Waals surface area (Å²) in [6, 6.07) is 7.55. The standard InChI is InChI=1S/C28H30N4O5S/c1-2-36-28(35)22-16-24(37-31-22)23-17-38-27(30-23)19-12-14-32(15-13-19)26(34)11-10-25(33)29-21-9-5-7-18-6-3-4-8-20(18)21/h5,7,9-11,16-17,19H,2-4,6,8,12-15H2,1H3,(H,29,33)/b11-10+. The second kappa shape index (κ2) is 11.7. The third kappa shape index (κ3) is 5.85. The zero-order chi connectivity index (χ0) is 26.5. The van der Waals surface area contributed by atoms with Gasteiger partial charge in [0.1, 0.15) is 5.69 Å². The van der Waals surface area contributed by atoms with Crippen LogP contribution in [0.4, 0.5) is 5.69 Å². The van der Waals surface area contributed by atoms with Gasteiger partial charge in [-0.3, -0.25) is 9.59 Å². The average molecular weight is 535 g/mol. The van der Waals surface area contributed by atoms with Crippen molar-refractivity contribution in [1.29, 1.82) is 0 Å². The lowest BCUT2D eigenvalue weighted by atomic mass is 9.90. The Bertz CT molecular complexity index is 1350. The number of likely N-dealkylation sites (tertiary alicyclic amines) is 1. The number of nitrogens with one attached hydrogen (secondary N) is 1. The number of nitrogens with zero attached hydrogens (tertiary/aromatic N) is 3. The zero-order valence-corrected chi connectivity index (χ0v) is 22.1. The van der Waals surface area contributed by atoms with Crippen LogP contribution in [0.1, 0.15) is 65.1 Å². The van der Waals surface area contributed by atoms with Crippen LogP contribution in [0.3, 0.4) is 0 Å². The lowest BCUT2D eigenvalue weighted by Gasteiger charge is -2.30. The molecule has 0 spiro atoms. The molecule has 2 amide bonds. The van der Waals surface area contributed by atoms with Crippen molar-refractivity contribution < 1.29 is 23.6 Å². The van der Waals surface area contributed by atoms with Crippen molar-refractivity contribution in [3.8, 4) is 11.5 Å². The smallest absolute Gasteiger partial charge is 0.360 e. The Morgan fingerprint density at radius 1 is 1.18 bits per heavy atom. The quantitative estimate of drug-likeness (QED) is 0.343. The van der Waals surface area contributed by atoms with Gasteiger partial charge >= 0.3 is 5.97 Å². The molecule has 2 aromatic heterocycles. The number of aryl methyl sites for hydroxylation is 1. The van der Waals surface area contributed by atoms with Gasteiger partial charge in [0.25, 0.3) is 0 Å². The first-order valence-electron chi connectivity index (χ1n) is 13.0. The Morgan fingerprint density at radius 2 is 2.00 bits per heavy atom. The highest BCUT2D eigenvalue weighted by Gasteiger charge is 2.26. The molecular weight excluding hydrogens is 504 g/mol. The van der Waals surface area contributed by atoms with Crippen LogP contribution in [0.5, 0.6) is 0 Å². The molecule has 1 aromatic carbocycles. The molecule has 0 saturated carbocycles. The van der Waals surface area contributed by atoms with Crippen LogP contribution in [0, 0.1) is 0 Å².